The Labute approximate surface area is 177 Å². The monoisotopic (exact) mass is 432 g/mol. The van der Waals surface area contributed by atoms with Gasteiger partial charge < -0.3 is 9.15 Å². The summed E-state index contributed by atoms with van der Waals surface area (Å²) in [5.74, 6) is 0.822. The Bertz CT molecular complexity index is 1050. The third-order valence-electron chi connectivity index (χ3n) is 6.11. The lowest BCUT2D eigenvalue weighted by Crippen LogP contribution is -2.43. The molecule has 1 fully saturated rings. The number of benzene rings is 1. The van der Waals surface area contributed by atoms with Crippen LogP contribution in [0.25, 0.3) is 0 Å². The number of sulfonamides is 1. The normalized spacial score (nSPS) is 19.5. The molecular formula is C22H28N2O5S. The second-order valence-corrected chi connectivity index (χ2v) is 10.7. The minimum Gasteiger partial charge on any atom is -0.486 e. The molecule has 4 rings (SSSR count). The predicted molar refractivity (Wildman–Crippen MR) is 114 cm³/mol. The van der Waals surface area contributed by atoms with E-state index in [1.807, 2.05) is 12.1 Å². The zero-order valence-electron chi connectivity index (χ0n) is 17.5. The van der Waals surface area contributed by atoms with E-state index in [4.69, 9.17) is 9.15 Å². The summed E-state index contributed by atoms with van der Waals surface area (Å²) in [6.45, 7) is 5.64. The fraction of sp³-hybridized carbons (Fsp3) is 0.500. The van der Waals surface area contributed by atoms with Gasteiger partial charge in [-0.25, -0.2) is 12.7 Å². The second-order valence-electron chi connectivity index (χ2n) is 8.75. The van der Waals surface area contributed by atoms with Crippen molar-refractivity contribution in [2.75, 3.05) is 26.0 Å². The molecule has 0 radical (unpaired) electrons. The summed E-state index contributed by atoms with van der Waals surface area (Å²) in [6.07, 6.45) is 4.02. The van der Waals surface area contributed by atoms with E-state index >= 15 is 0 Å². The van der Waals surface area contributed by atoms with Crippen LogP contribution in [0.4, 0.5) is 0 Å². The fourth-order valence-electron chi connectivity index (χ4n) is 4.12. The van der Waals surface area contributed by atoms with Gasteiger partial charge in [0.1, 0.15) is 12.0 Å². The third kappa shape index (κ3) is 4.77. The minimum absolute atomic E-state index is 0.173. The Morgan fingerprint density at radius 2 is 1.77 bits per heavy atom. The number of fused-ring (bicyclic) bond motifs is 1. The van der Waals surface area contributed by atoms with Gasteiger partial charge >= 0.3 is 0 Å². The number of rotatable bonds is 6. The summed E-state index contributed by atoms with van der Waals surface area (Å²) in [5, 5.41) is 0. The van der Waals surface area contributed by atoms with Gasteiger partial charge in [-0.2, -0.15) is 0 Å². The molecule has 30 heavy (non-hydrogen) atoms. The molecule has 0 aliphatic carbocycles. The molecule has 0 atom stereocenters. The first-order chi connectivity index (χ1) is 14.2. The molecule has 0 spiro atoms. The van der Waals surface area contributed by atoms with E-state index in [9.17, 15) is 13.2 Å². The Morgan fingerprint density at radius 3 is 2.33 bits per heavy atom. The molecule has 1 aromatic carbocycles. The van der Waals surface area contributed by atoms with E-state index in [-0.39, 0.29) is 16.6 Å². The van der Waals surface area contributed by atoms with Gasteiger partial charge in [-0.15, -0.1) is 0 Å². The summed E-state index contributed by atoms with van der Waals surface area (Å²) in [4.78, 5) is 14.7. The number of ether oxygens (including phenoxy) is 1. The van der Waals surface area contributed by atoms with Crippen LogP contribution in [0.3, 0.4) is 0 Å². The highest BCUT2D eigenvalue weighted by atomic mass is 32.2. The summed E-state index contributed by atoms with van der Waals surface area (Å²) in [7, 11) is -3.16. The van der Waals surface area contributed by atoms with E-state index < -0.39 is 10.0 Å². The highest BCUT2D eigenvalue weighted by Gasteiger charge is 2.34. The highest BCUT2D eigenvalue weighted by molar-refractivity contribution is 7.88. The van der Waals surface area contributed by atoms with Crippen molar-refractivity contribution >= 4 is 10.0 Å². The molecule has 162 valence electrons. The maximum Gasteiger partial charge on any atom is 0.227 e. The van der Waals surface area contributed by atoms with Crippen LogP contribution in [0.1, 0.15) is 36.7 Å². The molecule has 2 aromatic rings. The Hall–Kier alpha value is -2.16. The van der Waals surface area contributed by atoms with Crippen molar-refractivity contribution in [1.29, 1.82) is 0 Å². The third-order valence-corrected chi connectivity index (χ3v) is 7.42. The van der Waals surface area contributed by atoms with Crippen LogP contribution in [0.2, 0.25) is 0 Å². The van der Waals surface area contributed by atoms with Gasteiger partial charge in [0.2, 0.25) is 21.2 Å². The average molecular weight is 433 g/mol. The van der Waals surface area contributed by atoms with Gasteiger partial charge in [0, 0.05) is 37.7 Å². The maximum absolute atomic E-state index is 12.5. The Morgan fingerprint density at radius 1 is 1.13 bits per heavy atom. The number of hydrogen-bond acceptors (Lipinski definition) is 6. The second kappa shape index (κ2) is 8.17. The Balaban J connectivity index is 1.33. The first-order valence-electron chi connectivity index (χ1n) is 10.2. The van der Waals surface area contributed by atoms with Crippen molar-refractivity contribution in [2.45, 2.75) is 39.4 Å². The van der Waals surface area contributed by atoms with Gasteiger partial charge in [0.05, 0.1) is 19.4 Å². The molecule has 2 aliphatic rings. The van der Waals surface area contributed by atoms with Crippen LogP contribution < -0.4 is 10.2 Å². The largest absolute Gasteiger partial charge is 0.486 e. The van der Waals surface area contributed by atoms with Gasteiger partial charge in [-0.3, -0.25) is 9.69 Å². The number of piperidine rings is 1. The van der Waals surface area contributed by atoms with E-state index in [2.05, 4.69) is 24.0 Å². The van der Waals surface area contributed by atoms with Crippen LogP contribution in [-0.2, 0) is 29.7 Å². The minimum atomic E-state index is -3.16. The molecule has 1 aromatic heterocycles. The van der Waals surface area contributed by atoms with Gasteiger partial charge in [0.25, 0.3) is 0 Å². The van der Waals surface area contributed by atoms with Gasteiger partial charge in [-0.05, 0) is 24.0 Å². The summed E-state index contributed by atoms with van der Waals surface area (Å²) in [6, 6.07) is 9.85. The topological polar surface area (TPSA) is 80.1 Å². The molecule has 2 aliphatic heterocycles. The molecule has 3 heterocycles. The Kier molecular flexibility index (Phi) is 5.74. The number of nitrogens with zero attached hydrogens (tertiary/aromatic N) is 2. The maximum atomic E-state index is 12.5. The van der Waals surface area contributed by atoms with E-state index in [0.717, 1.165) is 13.1 Å². The van der Waals surface area contributed by atoms with Crippen molar-refractivity contribution in [3.05, 3.63) is 63.7 Å². The quantitative estimate of drug-likeness (QED) is 0.698. The molecule has 1 saturated heterocycles. The molecule has 0 N–H and O–H groups in total. The van der Waals surface area contributed by atoms with Crippen molar-refractivity contribution in [3.63, 3.8) is 0 Å². The zero-order valence-corrected chi connectivity index (χ0v) is 18.3. The van der Waals surface area contributed by atoms with E-state index in [1.165, 1.54) is 34.0 Å². The van der Waals surface area contributed by atoms with Gasteiger partial charge in [-0.1, -0.05) is 31.2 Å². The number of hydrogen-bond donors (Lipinski definition) is 0. The average Bonchev–Trinajstić information content (AvgIpc) is 3.09. The van der Waals surface area contributed by atoms with Crippen molar-refractivity contribution in [3.8, 4) is 5.75 Å². The lowest BCUT2D eigenvalue weighted by molar-refractivity contribution is 0.0965. The molecular weight excluding hydrogens is 404 g/mol. The molecule has 7 nitrogen and oxygen atoms in total. The first-order valence-corrected chi connectivity index (χ1v) is 12.1. The first kappa shape index (κ1) is 21.1. The van der Waals surface area contributed by atoms with Crippen LogP contribution in [0.15, 0.2) is 45.8 Å². The highest BCUT2D eigenvalue weighted by Crippen LogP contribution is 2.32. The van der Waals surface area contributed by atoms with Crippen LogP contribution >= 0.6 is 0 Å². The molecule has 0 bridgehead atoms. The molecule has 0 unspecified atom stereocenters. The molecule has 0 saturated carbocycles. The summed E-state index contributed by atoms with van der Waals surface area (Å²) < 4.78 is 36.3. The predicted octanol–water partition coefficient (Wildman–Crippen LogP) is 2.60. The molecule has 0 amide bonds. The van der Waals surface area contributed by atoms with Crippen molar-refractivity contribution < 1.29 is 17.6 Å². The lowest BCUT2D eigenvalue weighted by atomic mass is 9.82. The fourth-order valence-corrected chi connectivity index (χ4v) is 4.96. The van der Waals surface area contributed by atoms with Crippen molar-refractivity contribution in [1.82, 2.24) is 9.21 Å². The van der Waals surface area contributed by atoms with Crippen LogP contribution in [-0.4, -0.2) is 43.6 Å². The van der Waals surface area contributed by atoms with E-state index in [1.54, 1.807) is 0 Å². The molecule has 8 heteroatoms. The summed E-state index contributed by atoms with van der Waals surface area (Å²) >= 11 is 0. The van der Waals surface area contributed by atoms with Crippen molar-refractivity contribution in [2.24, 2.45) is 5.41 Å². The standard InChI is InChI=1S/C22H28N2O5S/c1-22(7-9-24(10-8-22)30(2,26)27)16-29-21-15-28-19(11-20(21)25)14-23-12-17-5-3-4-6-18(17)13-23/h3-6,11,15H,7-10,12-14,16H2,1-2H3. The summed E-state index contributed by atoms with van der Waals surface area (Å²) in [5.41, 5.74) is 2.27. The van der Waals surface area contributed by atoms with Gasteiger partial charge in [0.15, 0.2) is 0 Å². The van der Waals surface area contributed by atoms with E-state index in [0.29, 0.717) is 44.8 Å². The zero-order chi connectivity index (χ0) is 21.4. The smallest absolute Gasteiger partial charge is 0.227 e. The lowest BCUT2D eigenvalue weighted by Gasteiger charge is -2.37. The van der Waals surface area contributed by atoms with Crippen LogP contribution in [0, 0.1) is 5.41 Å². The van der Waals surface area contributed by atoms with Crippen LogP contribution in [0.5, 0.6) is 5.75 Å². The SMILES string of the molecule is CC1(COc2coc(CN3Cc4ccccc4C3)cc2=O)CCN(S(C)(=O)=O)CC1.